The molecule has 0 amide bonds. The SMILES string of the molecule is FC(F)(F)[C@@H](CP(c1ccccc1)c1ccccc1)NCc1ccccc1. The van der Waals surface area contributed by atoms with Crippen molar-refractivity contribution in [3.8, 4) is 0 Å². The minimum atomic E-state index is -4.31. The van der Waals surface area contributed by atoms with Gasteiger partial charge in [-0.1, -0.05) is 91.0 Å². The second-order valence-electron chi connectivity index (χ2n) is 6.24. The van der Waals surface area contributed by atoms with E-state index < -0.39 is 20.1 Å². The van der Waals surface area contributed by atoms with Crippen LogP contribution in [0.15, 0.2) is 91.0 Å². The highest BCUT2D eigenvalue weighted by Gasteiger charge is 2.41. The summed E-state index contributed by atoms with van der Waals surface area (Å²) in [5, 5.41) is 4.64. The molecule has 0 radical (unpaired) electrons. The Bertz CT molecular complexity index is 768. The topological polar surface area (TPSA) is 12.0 Å². The number of benzene rings is 3. The number of nitrogens with one attached hydrogen (secondary N) is 1. The molecule has 27 heavy (non-hydrogen) atoms. The number of rotatable bonds is 7. The third kappa shape index (κ3) is 5.66. The lowest BCUT2D eigenvalue weighted by molar-refractivity contribution is -0.150. The van der Waals surface area contributed by atoms with Crippen molar-refractivity contribution in [3.05, 3.63) is 96.6 Å². The summed E-state index contributed by atoms with van der Waals surface area (Å²) in [5.74, 6) is 0. The third-order valence-electron chi connectivity index (χ3n) is 4.29. The fourth-order valence-electron chi connectivity index (χ4n) is 2.88. The van der Waals surface area contributed by atoms with Crippen LogP contribution in [0.3, 0.4) is 0 Å². The van der Waals surface area contributed by atoms with Gasteiger partial charge in [0.05, 0.1) is 0 Å². The van der Waals surface area contributed by atoms with Gasteiger partial charge in [0.25, 0.3) is 0 Å². The average molecular weight is 387 g/mol. The van der Waals surface area contributed by atoms with Crippen molar-refractivity contribution >= 4 is 18.5 Å². The summed E-state index contributed by atoms with van der Waals surface area (Å²) in [6.45, 7) is 0.192. The molecule has 140 valence electrons. The second-order valence-corrected chi connectivity index (χ2v) is 8.50. The molecule has 3 aromatic rings. The lowest BCUT2D eigenvalue weighted by Gasteiger charge is -2.27. The van der Waals surface area contributed by atoms with Crippen LogP contribution in [-0.2, 0) is 6.54 Å². The molecule has 0 saturated heterocycles. The fourth-order valence-corrected chi connectivity index (χ4v) is 5.36. The highest BCUT2D eigenvalue weighted by molar-refractivity contribution is 7.73. The summed E-state index contributed by atoms with van der Waals surface area (Å²) in [6.07, 6.45) is -4.29. The standard InChI is InChI=1S/C22H21F3NP/c23-22(24,25)21(26-16-18-10-4-1-5-11-18)17-27(19-12-6-2-7-13-19)20-14-8-3-9-15-20/h1-15,21,26H,16-17H2/t21-/m1/s1. The van der Waals surface area contributed by atoms with Gasteiger partial charge < -0.3 is 5.32 Å². The van der Waals surface area contributed by atoms with Gasteiger partial charge in [-0.05, 0) is 30.3 Å². The first kappa shape index (κ1) is 19.6. The van der Waals surface area contributed by atoms with Gasteiger partial charge in [-0.2, -0.15) is 13.2 Å². The lowest BCUT2D eigenvalue weighted by atomic mass is 10.2. The Kier molecular flexibility index (Phi) is 6.65. The Morgan fingerprint density at radius 2 is 1.15 bits per heavy atom. The van der Waals surface area contributed by atoms with E-state index in [9.17, 15) is 13.2 Å². The Morgan fingerprint density at radius 1 is 0.704 bits per heavy atom. The van der Waals surface area contributed by atoms with Crippen LogP contribution in [0.2, 0.25) is 0 Å². The molecule has 3 rings (SSSR count). The normalized spacial score (nSPS) is 12.9. The van der Waals surface area contributed by atoms with Gasteiger partial charge >= 0.3 is 6.18 Å². The maximum absolute atomic E-state index is 13.8. The maximum Gasteiger partial charge on any atom is 0.404 e. The van der Waals surface area contributed by atoms with Crippen molar-refractivity contribution in [1.29, 1.82) is 0 Å². The molecule has 0 saturated carbocycles. The molecule has 1 atom stereocenters. The van der Waals surface area contributed by atoms with Gasteiger partial charge in [0.15, 0.2) is 0 Å². The molecule has 0 bridgehead atoms. The van der Waals surface area contributed by atoms with Gasteiger partial charge in [-0.15, -0.1) is 0 Å². The number of alkyl halides is 3. The van der Waals surface area contributed by atoms with Crippen molar-refractivity contribution in [3.63, 3.8) is 0 Å². The van der Waals surface area contributed by atoms with E-state index in [1.54, 1.807) is 0 Å². The van der Waals surface area contributed by atoms with Gasteiger partial charge in [0.2, 0.25) is 0 Å². The molecule has 0 heterocycles. The van der Waals surface area contributed by atoms with Crippen LogP contribution in [0.25, 0.3) is 0 Å². The zero-order valence-electron chi connectivity index (χ0n) is 14.7. The summed E-state index contributed by atoms with van der Waals surface area (Å²) >= 11 is 0. The molecule has 1 N–H and O–H groups in total. The van der Waals surface area contributed by atoms with E-state index in [1.807, 2.05) is 91.0 Å². The zero-order valence-corrected chi connectivity index (χ0v) is 15.6. The largest absolute Gasteiger partial charge is 0.404 e. The van der Waals surface area contributed by atoms with Gasteiger partial charge in [-0.3, -0.25) is 0 Å². The van der Waals surface area contributed by atoms with Crippen LogP contribution in [-0.4, -0.2) is 18.4 Å². The van der Waals surface area contributed by atoms with E-state index >= 15 is 0 Å². The third-order valence-corrected chi connectivity index (χ3v) is 6.86. The lowest BCUT2D eigenvalue weighted by Crippen LogP contribution is -2.45. The quantitative estimate of drug-likeness (QED) is 0.572. The Labute approximate surface area is 159 Å². The molecule has 0 spiro atoms. The molecule has 0 fully saturated rings. The zero-order chi connectivity index (χ0) is 19.1. The predicted octanol–water partition coefficient (Wildman–Crippen LogP) is 4.84. The monoisotopic (exact) mass is 387 g/mol. The molecule has 5 heteroatoms. The van der Waals surface area contributed by atoms with E-state index in [1.165, 1.54) is 0 Å². The first-order valence-electron chi connectivity index (χ1n) is 8.76. The fraction of sp³-hybridized carbons (Fsp3) is 0.182. The molecule has 0 unspecified atom stereocenters. The minimum Gasteiger partial charge on any atom is -0.302 e. The molecular formula is C22H21F3NP. The van der Waals surface area contributed by atoms with E-state index in [2.05, 4.69) is 5.32 Å². The summed E-state index contributed by atoms with van der Waals surface area (Å²) in [5.41, 5.74) is 0.843. The summed E-state index contributed by atoms with van der Waals surface area (Å²) in [4.78, 5) is 0. The van der Waals surface area contributed by atoms with E-state index in [0.717, 1.165) is 16.2 Å². The summed E-state index contributed by atoms with van der Waals surface area (Å²) < 4.78 is 41.3. The van der Waals surface area contributed by atoms with Crippen LogP contribution < -0.4 is 15.9 Å². The molecule has 0 aliphatic rings. The maximum atomic E-state index is 13.8. The highest BCUT2D eigenvalue weighted by Crippen LogP contribution is 2.37. The Balaban J connectivity index is 1.84. The molecule has 1 nitrogen and oxygen atoms in total. The van der Waals surface area contributed by atoms with Crippen LogP contribution in [0, 0.1) is 0 Å². The first-order chi connectivity index (χ1) is 13.0. The highest BCUT2D eigenvalue weighted by atomic mass is 31.1. The molecule has 0 aliphatic heterocycles. The minimum absolute atomic E-state index is 0.0136. The van der Waals surface area contributed by atoms with E-state index in [0.29, 0.717) is 0 Å². The molecule has 0 aliphatic carbocycles. The molecular weight excluding hydrogens is 366 g/mol. The van der Waals surface area contributed by atoms with Crippen LogP contribution in [0.4, 0.5) is 13.2 Å². The smallest absolute Gasteiger partial charge is 0.302 e. The Morgan fingerprint density at radius 3 is 1.59 bits per heavy atom. The van der Waals surface area contributed by atoms with Crippen LogP contribution in [0.1, 0.15) is 5.56 Å². The van der Waals surface area contributed by atoms with Gasteiger partial charge in [0, 0.05) is 6.54 Å². The summed E-state index contributed by atoms with van der Waals surface area (Å²) in [6, 6.07) is 26.6. The predicted molar refractivity (Wildman–Crippen MR) is 107 cm³/mol. The molecule has 3 aromatic carbocycles. The van der Waals surface area contributed by atoms with E-state index in [-0.39, 0.29) is 12.7 Å². The first-order valence-corrected chi connectivity index (χ1v) is 10.3. The van der Waals surface area contributed by atoms with Crippen molar-refractivity contribution < 1.29 is 13.2 Å². The second kappa shape index (κ2) is 9.16. The molecule has 0 aromatic heterocycles. The van der Waals surface area contributed by atoms with Gasteiger partial charge in [-0.25, -0.2) is 0 Å². The summed E-state index contributed by atoms with van der Waals surface area (Å²) in [7, 11) is -1.12. The number of hydrogen-bond donors (Lipinski definition) is 1. The Hall–Kier alpha value is -2.16. The average Bonchev–Trinajstić information content (AvgIpc) is 2.69. The van der Waals surface area contributed by atoms with Crippen molar-refractivity contribution in [1.82, 2.24) is 5.32 Å². The van der Waals surface area contributed by atoms with Crippen molar-refractivity contribution in [2.45, 2.75) is 18.8 Å². The van der Waals surface area contributed by atoms with Crippen molar-refractivity contribution in [2.75, 3.05) is 6.16 Å². The number of halogens is 3. The van der Waals surface area contributed by atoms with E-state index in [4.69, 9.17) is 0 Å². The number of hydrogen-bond acceptors (Lipinski definition) is 1. The van der Waals surface area contributed by atoms with Crippen LogP contribution in [0.5, 0.6) is 0 Å². The van der Waals surface area contributed by atoms with Gasteiger partial charge in [0.1, 0.15) is 6.04 Å². The van der Waals surface area contributed by atoms with Crippen LogP contribution >= 0.6 is 7.92 Å². The van der Waals surface area contributed by atoms with Crippen molar-refractivity contribution in [2.24, 2.45) is 0 Å².